The zero-order valence-electron chi connectivity index (χ0n) is 18.0. The smallest absolute Gasteiger partial charge is 0.135 e. The molecule has 2 aromatic heterocycles. The topological polar surface area (TPSA) is 41.7 Å². The van der Waals surface area contributed by atoms with Crippen molar-refractivity contribution in [2.45, 2.75) is 13.5 Å². The van der Waals surface area contributed by atoms with Gasteiger partial charge >= 0.3 is 0 Å². The highest BCUT2D eigenvalue weighted by atomic mass is 16.5. The lowest BCUT2D eigenvalue weighted by Crippen LogP contribution is -2.46. The van der Waals surface area contributed by atoms with Crippen LogP contribution in [0.15, 0.2) is 71.3 Å². The first-order chi connectivity index (χ1) is 15.2. The van der Waals surface area contributed by atoms with Crippen LogP contribution in [-0.2, 0) is 6.54 Å². The van der Waals surface area contributed by atoms with Crippen LogP contribution in [0.5, 0.6) is 5.75 Å². The summed E-state index contributed by atoms with van der Waals surface area (Å²) in [6, 6.07) is 20.8. The van der Waals surface area contributed by atoms with E-state index in [0.717, 1.165) is 72.1 Å². The lowest BCUT2D eigenvalue weighted by Gasteiger charge is -2.35. The van der Waals surface area contributed by atoms with Crippen molar-refractivity contribution >= 4 is 16.8 Å². The van der Waals surface area contributed by atoms with Crippen LogP contribution >= 0.6 is 0 Å². The van der Waals surface area contributed by atoms with Gasteiger partial charge in [0.2, 0.25) is 0 Å². The number of ether oxygens (including phenoxy) is 1. The van der Waals surface area contributed by atoms with Gasteiger partial charge in [-0.15, -0.1) is 0 Å². The summed E-state index contributed by atoms with van der Waals surface area (Å²) in [5, 5.41) is 1.10. The van der Waals surface area contributed by atoms with Crippen LogP contribution in [0.2, 0.25) is 0 Å². The first-order valence-electron chi connectivity index (χ1n) is 10.8. The van der Waals surface area contributed by atoms with Crippen molar-refractivity contribution in [3.63, 3.8) is 0 Å². The van der Waals surface area contributed by atoms with E-state index < -0.39 is 0 Å². The first kappa shape index (κ1) is 19.6. The van der Waals surface area contributed by atoms with Gasteiger partial charge in [-0.3, -0.25) is 4.90 Å². The molecule has 158 valence electrons. The van der Waals surface area contributed by atoms with Crippen LogP contribution in [0, 0.1) is 6.92 Å². The average Bonchev–Trinajstić information content (AvgIpc) is 3.14. The predicted octanol–water partition coefficient (Wildman–Crippen LogP) is 5.13. The van der Waals surface area contributed by atoms with Crippen molar-refractivity contribution in [2.75, 3.05) is 38.2 Å². The van der Waals surface area contributed by atoms with Gasteiger partial charge in [0.05, 0.1) is 7.11 Å². The van der Waals surface area contributed by atoms with Gasteiger partial charge in [-0.1, -0.05) is 36.4 Å². The lowest BCUT2D eigenvalue weighted by atomic mass is 10.0. The van der Waals surface area contributed by atoms with E-state index in [4.69, 9.17) is 9.15 Å². The number of fused-ring (bicyclic) bond motifs is 1. The molecule has 0 saturated carbocycles. The van der Waals surface area contributed by atoms with Crippen LogP contribution < -0.4 is 9.64 Å². The third-order valence-corrected chi connectivity index (χ3v) is 6.07. The highest BCUT2D eigenvalue weighted by molar-refractivity contribution is 5.97. The number of methoxy groups -OCH3 is 1. The molecular weight excluding hydrogens is 386 g/mol. The average molecular weight is 414 g/mol. The number of nitrogens with zero attached hydrogens (tertiary/aromatic N) is 3. The second-order valence-corrected chi connectivity index (χ2v) is 8.01. The number of benzene rings is 2. The Kier molecular flexibility index (Phi) is 5.35. The van der Waals surface area contributed by atoms with Crippen LogP contribution in [0.4, 0.5) is 5.82 Å². The maximum Gasteiger partial charge on any atom is 0.135 e. The van der Waals surface area contributed by atoms with E-state index in [1.807, 2.05) is 31.3 Å². The van der Waals surface area contributed by atoms with Crippen molar-refractivity contribution in [1.29, 1.82) is 0 Å². The molecular formula is C26H27N3O2. The molecule has 4 aromatic rings. The molecule has 1 aliphatic heterocycles. The molecule has 0 unspecified atom stereocenters. The number of anilines is 1. The second-order valence-electron chi connectivity index (χ2n) is 8.01. The number of rotatable bonds is 5. The van der Waals surface area contributed by atoms with E-state index in [1.54, 1.807) is 7.11 Å². The molecule has 0 bridgehead atoms. The van der Waals surface area contributed by atoms with E-state index in [9.17, 15) is 0 Å². The molecule has 1 aliphatic rings. The van der Waals surface area contributed by atoms with Crippen LogP contribution in [0.25, 0.3) is 22.1 Å². The van der Waals surface area contributed by atoms with E-state index in [2.05, 4.69) is 57.2 Å². The summed E-state index contributed by atoms with van der Waals surface area (Å²) < 4.78 is 12.0. The number of aromatic nitrogens is 1. The summed E-state index contributed by atoms with van der Waals surface area (Å²) in [6.07, 6.45) is 1.86. The van der Waals surface area contributed by atoms with E-state index >= 15 is 0 Å². The number of hydrogen-bond donors (Lipinski definition) is 0. The van der Waals surface area contributed by atoms with Gasteiger partial charge < -0.3 is 14.1 Å². The van der Waals surface area contributed by atoms with Crippen molar-refractivity contribution in [2.24, 2.45) is 0 Å². The fraction of sp³-hybridized carbons (Fsp3) is 0.269. The second kappa shape index (κ2) is 8.44. The number of aryl methyl sites for hydroxylation is 1. The Morgan fingerprint density at radius 2 is 1.74 bits per heavy atom. The molecule has 0 amide bonds. The normalized spacial score (nSPS) is 14.8. The Labute approximate surface area is 182 Å². The maximum absolute atomic E-state index is 6.17. The molecule has 0 radical (unpaired) electrons. The van der Waals surface area contributed by atoms with Crippen LogP contribution in [0.3, 0.4) is 0 Å². The Balaban J connectivity index is 1.38. The van der Waals surface area contributed by atoms with Crippen molar-refractivity contribution in [3.8, 4) is 16.9 Å². The summed E-state index contributed by atoms with van der Waals surface area (Å²) in [4.78, 5) is 9.30. The molecule has 0 aliphatic carbocycles. The summed E-state index contributed by atoms with van der Waals surface area (Å²) in [5.41, 5.74) is 4.39. The fourth-order valence-electron chi connectivity index (χ4n) is 4.48. The van der Waals surface area contributed by atoms with E-state index in [0.29, 0.717) is 0 Å². The number of hydrogen-bond acceptors (Lipinski definition) is 5. The molecule has 1 saturated heterocycles. The fourth-order valence-corrected chi connectivity index (χ4v) is 4.48. The number of pyridine rings is 1. The zero-order valence-corrected chi connectivity index (χ0v) is 18.0. The van der Waals surface area contributed by atoms with Gasteiger partial charge in [0.1, 0.15) is 22.9 Å². The van der Waals surface area contributed by atoms with Gasteiger partial charge in [0.25, 0.3) is 0 Å². The van der Waals surface area contributed by atoms with E-state index in [-0.39, 0.29) is 0 Å². The van der Waals surface area contributed by atoms with E-state index in [1.165, 1.54) is 5.56 Å². The molecule has 0 N–H and O–H groups in total. The largest absolute Gasteiger partial charge is 0.496 e. The van der Waals surface area contributed by atoms with Crippen LogP contribution in [-0.4, -0.2) is 43.2 Å². The van der Waals surface area contributed by atoms with Crippen molar-refractivity contribution < 1.29 is 9.15 Å². The van der Waals surface area contributed by atoms with Gasteiger partial charge in [0, 0.05) is 55.4 Å². The monoisotopic (exact) mass is 413 g/mol. The quantitative estimate of drug-likeness (QED) is 0.453. The number of furan rings is 1. The minimum Gasteiger partial charge on any atom is -0.496 e. The third-order valence-electron chi connectivity index (χ3n) is 6.07. The SMILES string of the molecule is COc1cc2c(-c3ccccc3)c(C)oc2cc1CN1CCN(c2ccccn2)CC1. The van der Waals surface area contributed by atoms with Crippen molar-refractivity contribution in [1.82, 2.24) is 9.88 Å². The molecule has 5 heteroatoms. The van der Waals surface area contributed by atoms with Crippen LogP contribution in [0.1, 0.15) is 11.3 Å². The van der Waals surface area contributed by atoms with Gasteiger partial charge in [0.15, 0.2) is 0 Å². The first-order valence-corrected chi connectivity index (χ1v) is 10.8. The Morgan fingerprint density at radius 3 is 2.45 bits per heavy atom. The minimum absolute atomic E-state index is 0.843. The highest BCUT2D eigenvalue weighted by Gasteiger charge is 2.21. The molecule has 0 spiro atoms. The molecule has 3 heterocycles. The summed E-state index contributed by atoms with van der Waals surface area (Å²) in [5.74, 6) is 2.91. The Hall–Kier alpha value is -3.31. The van der Waals surface area contributed by atoms with Gasteiger partial charge in [-0.25, -0.2) is 4.98 Å². The minimum atomic E-state index is 0.843. The van der Waals surface area contributed by atoms with Gasteiger partial charge in [-0.2, -0.15) is 0 Å². The summed E-state index contributed by atoms with van der Waals surface area (Å²) in [7, 11) is 1.75. The zero-order chi connectivity index (χ0) is 21.2. The molecule has 5 nitrogen and oxygen atoms in total. The number of piperazine rings is 1. The third kappa shape index (κ3) is 3.89. The molecule has 5 rings (SSSR count). The lowest BCUT2D eigenvalue weighted by molar-refractivity contribution is 0.245. The Morgan fingerprint density at radius 1 is 0.968 bits per heavy atom. The Bertz CT molecular complexity index is 1160. The standard InChI is InChI=1S/C26H27N3O2/c1-19-26(20-8-4-3-5-9-20)22-17-23(30-2)21(16-24(22)31-19)18-28-12-14-29(15-13-28)25-10-6-7-11-27-25/h3-11,16-17H,12-15,18H2,1-2H3. The maximum atomic E-state index is 6.17. The molecule has 1 fully saturated rings. The van der Waals surface area contributed by atoms with Crippen molar-refractivity contribution in [3.05, 3.63) is 78.2 Å². The summed E-state index contributed by atoms with van der Waals surface area (Å²) in [6.45, 7) is 6.80. The molecule has 0 atom stereocenters. The molecule has 31 heavy (non-hydrogen) atoms. The molecule has 2 aromatic carbocycles. The predicted molar refractivity (Wildman–Crippen MR) is 125 cm³/mol. The highest BCUT2D eigenvalue weighted by Crippen LogP contribution is 2.38. The summed E-state index contributed by atoms with van der Waals surface area (Å²) >= 11 is 0. The van der Waals surface area contributed by atoms with Gasteiger partial charge in [-0.05, 0) is 36.8 Å².